The molecule has 19 heavy (non-hydrogen) atoms. The van der Waals surface area contributed by atoms with Gasteiger partial charge in [-0.3, -0.25) is 0 Å². The van der Waals surface area contributed by atoms with Crippen molar-refractivity contribution in [1.82, 2.24) is 0 Å². The van der Waals surface area contributed by atoms with Gasteiger partial charge in [0.2, 0.25) is 0 Å². The fraction of sp³-hybridized carbons (Fsp3) is 0.125. The lowest BCUT2D eigenvalue weighted by atomic mass is 9.94. The van der Waals surface area contributed by atoms with E-state index in [0.29, 0.717) is 16.7 Å². The van der Waals surface area contributed by atoms with Crippen molar-refractivity contribution < 1.29 is 13.9 Å². The van der Waals surface area contributed by atoms with Crippen LogP contribution in [0.4, 0.5) is 8.78 Å². The molecule has 0 aliphatic carbocycles. The Morgan fingerprint density at radius 2 is 1.79 bits per heavy atom. The van der Waals surface area contributed by atoms with Crippen molar-refractivity contribution in [2.24, 2.45) is 0 Å². The largest absolute Gasteiger partial charge is 0.507 e. The Labute approximate surface area is 110 Å². The van der Waals surface area contributed by atoms with Crippen molar-refractivity contribution in [3.8, 4) is 16.9 Å². The third-order valence-corrected chi connectivity index (χ3v) is 3.13. The zero-order valence-electron chi connectivity index (χ0n) is 10.8. The Bertz CT molecular complexity index is 660. The number of benzene rings is 2. The molecule has 1 N–H and O–H groups in total. The first-order chi connectivity index (χ1) is 8.91. The summed E-state index contributed by atoms with van der Waals surface area (Å²) >= 11 is 0. The predicted octanol–water partition coefficient (Wildman–Crippen LogP) is 4.76. The summed E-state index contributed by atoms with van der Waals surface area (Å²) in [5.41, 5.74) is 2.39. The topological polar surface area (TPSA) is 20.2 Å². The van der Waals surface area contributed by atoms with Crippen LogP contribution in [0, 0.1) is 19.7 Å². The summed E-state index contributed by atoms with van der Waals surface area (Å²) in [6, 6.07) is 7.83. The maximum Gasteiger partial charge on any atom is 0.133 e. The number of phenolic OH excluding ortho intramolecular Hbond substituents is 1. The second kappa shape index (κ2) is 4.84. The number of hydrogen-bond acceptors (Lipinski definition) is 1. The van der Waals surface area contributed by atoms with Crippen molar-refractivity contribution in [3.05, 3.63) is 59.4 Å². The Hall–Kier alpha value is -2.16. The van der Waals surface area contributed by atoms with Crippen LogP contribution in [0.5, 0.6) is 5.75 Å². The molecule has 98 valence electrons. The van der Waals surface area contributed by atoms with E-state index in [9.17, 15) is 13.9 Å². The quantitative estimate of drug-likeness (QED) is 0.825. The number of phenols is 1. The summed E-state index contributed by atoms with van der Waals surface area (Å²) in [4.78, 5) is 0. The van der Waals surface area contributed by atoms with Crippen molar-refractivity contribution in [2.45, 2.75) is 13.8 Å². The summed E-state index contributed by atoms with van der Waals surface area (Å²) < 4.78 is 26.9. The van der Waals surface area contributed by atoms with E-state index in [1.807, 2.05) is 6.92 Å². The highest BCUT2D eigenvalue weighted by Crippen LogP contribution is 2.36. The zero-order chi connectivity index (χ0) is 14.2. The second-order valence-electron chi connectivity index (χ2n) is 4.52. The molecule has 0 heterocycles. The first-order valence-electron chi connectivity index (χ1n) is 5.85. The molecule has 2 rings (SSSR count). The fourth-order valence-electron chi connectivity index (χ4n) is 2.17. The summed E-state index contributed by atoms with van der Waals surface area (Å²) in [5.74, 6) is -1.39. The van der Waals surface area contributed by atoms with Gasteiger partial charge in [0.15, 0.2) is 0 Å². The third kappa shape index (κ3) is 2.36. The smallest absolute Gasteiger partial charge is 0.133 e. The van der Waals surface area contributed by atoms with Gasteiger partial charge in [0.25, 0.3) is 0 Å². The van der Waals surface area contributed by atoms with Crippen LogP contribution in [0.25, 0.3) is 17.0 Å². The van der Waals surface area contributed by atoms with Gasteiger partial charge in [-0.2, -0.15) is 0 Å². The van der Waals surface area contributed by atoms with E-state index < -0.39 is 11.6 Å². The maximum absolute atomic E-state index is 13.6. The van der Waals surface area contributed by atoms with Crippen LogP contribution in [-0.4, -0.2) is 5.11 Å². The summed E-state index contributed by atoms with van der Waals surface area (Å²) in [6.45, 7) is 6.65. The zero-order valence-corrected chi connectivity index (χ0v) is 10.8. The van der Waals surface area contributed by atoms with Crippen LogP contribution in [0.3, 0.4) is 0 Å². The van der Waals surface area contributed by atoms with Crippen molar-refractivity contribution in [2.75, 3.05) is 0 Å². The van der Waals surface area contributed by atoms with E-state index in [2.05, 4.69) is 6.58 Å². The third-order valence-electron chi connectivity index (χ3n) is 3.13. The summed E-state index contributed by atoms with van der Waals surface area (Å²) in [5, 5.41) is 9.90. The molecular weight excluding hydrogens is 246 g/mol. The lowest BCUT2D eigenvalue weighted by Crippen LogP contribution is -1.94. The molecule has 0 saturated heterocycles. The molecule has 0 aromatic heterocycles. The number of aryl methyl sites for hydroxylation is 1. The summed E-state index contributed by atoms with van der Waals surface area (Å²) in [6.07, 6.45) is 0. The molecule has 0 bridgehead atoms. The van der Waals surface area contributed by atoms with Crippen LogP contribution < -0.4 is 0 Å². The molecular formula is C16H14F2O. The molecule has 0 atom stereocenters. The highest BCUT2D eigenvalue weighted by Gasteiger charge is 2.15. The standard InChI is InChI=1S/C16H14F2O/c1-9-4-7-15(19)13(8-9)12-5-6-14(18)16(10(12)2)11(3)17/h4-8,19H,3H2,1-2H3. The Morgan fingerprint density at radius 1 is 1.11 bits per heavy atom. The van der Waals surface area contributed by atoms with Gasteiger partial charge in [-0.15, -0.1) is 0 Å². The van der Waals surface area contributed by atoms with Gasteiger partial charge in [0, 0.05) is 11.1 Å². The molecule has 3 heteroatoms. The molecule has 0 aliphatic rings. The average molecular weight is 260 g/mol. The average Bonchev–Trinajstić information content (AvgIpc) is 2.32. The molecule has 0 radical (unpaired) electrons. The molecule has 0 saturated carbocycles. The SMILES string of the molecule is C=C(F)c1c(F)ccc(-c2cc(C)ccc2O)c1C. The molecule has 0 spiro atoms. The van der Waals surface area contributed by atoms with E-state index in [0.717, 1.165) is 5.56 Å². The number of hydrogen-bond donors (Lipinski definition) is 1. The molecule has 0 fully saturated rings. The number of rotatable bonds is 2. The van der Waals surface area contributed by atoms with Crippen LogP contribution in [0.1, 0.15) is 16.7 Å². The highest BCUT2D eigenvalue weighted by atomic mass is 19.1. The van der Waals surface area contributed by atoms with Gasteiger partial charge in [0.05, 0.1) is 0 Å². The number of aromatic hydroxyl groups is 1. The molecule has 1 nitrogen and oxygen atoms in total. The minimum atomic E-state index is -0.816. The number of halogens is 2. The second-order valence-corrected chi connectivity index (χ2v) is 4.52. The van der Waals surface area contributed by atoms with Crippen LogP contribution in [0.2, 0.25) is 0 Å². The van der Waals surface area contributed by atoms with Gasteiger partial charge in [-0.05, 0) is 43.2 Å². The molecule has 2 aromatic rings. The van der Waals surface area contributed by atoms with Crippen LogP contribution in [-0.2, 0) is 0 Å². The normalized spacial score (nSPS) is 10.5. The van der Waals surface area contributed by atoms with Gasteiger partial charge in [-0.25, -0.2) is 8.78 Å². The molecule has 0 aliphatic heterocycles. The van der Waals surface area contributed by atoms with E-state index in [1.165, 1.54) is 12.1 Å². The highest BCUT2D eigenvalue weighted by molar-refractivity contribution is 5.78. The first-order valence-corrected chi connectivity index (χ1v) is 5.85. The monoisotopic (exact) mass is 260 g/mol. The molecule has 0 unspecified atom stereocenters. The predicted molar refractivity (Wildman–Crippen MR) is 73.1 cm³/mol. The summed E-state index contributed by atoms with van der Waals surface area (Å²) in [7, 11) is 0. The molecule has 0 amide bonds. The van der Waals surface area contributed by atoms with Gasteiger partial charge in [-0.1, -0.05) is 24.3 Å². The van der Waals surface area contributed by atoms with Gasteiger partial charge < -0.3 is 5.11 Å². The first kappa shape index (κ1) is 13.3. The van der Waals surface area contributed by atoms with Crippen molar-refractivity contribution in [1.29, 1.82) is 0 Å². The molecule has 2 aromatic carbocycles. The van der Waals surface area contributed by atoms with E-state index >= 15 is 0 Å². The minimum Gasteiger partial charge on any atom is -0.507 e. The van der Waals surface area contributed by atoms with E-state index in [-0.39, 0.29) is 11.3 Å². The van der Waals surface area contributed by atoms with Crippen LogP contribution >= 0.6 is 0 Å². The Balaban J connectivity index is 2.73. The van der Waals surface area contributed by atoms with Crippen LogP contribution in [0.15, 0.2) is 36.9 Å². The Kier molecular flexibility index (Phi) is 3.38. The van der Waals surface area contributed by atoms with Gasteiger partial charge in [0.1, 0.15) is 17.4 Å². The minimum absolute atomic E-state index is 0.0794. The van der Waals surface area contributed by atoms with E-state index in [1.54, 1.807) is 25.1 Å². The Morgan fingerprint density at radius 3 is 2.42 bits per heavy atom. The van der Waals surface area contributed by atoms with Crippen molar-refractivity contribution >= 4 is 5.83 Å². The van der Waals surface area contributed by atoms with Gasteiger partial charge >= 0.3 is 0 Å². The maximum atomic E-state index is 13.6. The van der Waals surface area contributed by atoms with E-state index in [4.69, 9.17) is 0 Å². The lowest BCUT2D eigenvalue weighted by molar-refractivity contribution is 0.477. The van der Waals surface area contributed by atoms with Crippen molar-refractivity contribution in [3.63, 3.8) is 0 Å². The lowest BCUT2D eigenvalue weighted by Gasteiger charge is -2.13. The fourth-order valence-corrected chi connectivity index (χ4v) is 2.17.